The number of piperidine rings is 1. The quantitative estimate of drug-likeness (QED) is 0.501. The molecule has 2 aliphatic heterocycles. The monoisotopic (exact) mass is 463 g/mol. The number of carbonyl (C=O) groups excluding carboxylic acids is 2. The molecule has 2 bridgehead atoms. The fourth-order valence-electron chi connectivity index (χ4n) is 5.52. The van der Waals surface area contributed by atoms with E-state index in [4.69, 9.17) is 9.47 Å². The molecule has 0 amide bonds. The van der Waals surface area contributed by atoms with Crippen LogP contribution in [0.5, 0.6) is 0 Å². The van der Waals surface area contributed by atoms with E-state index in [0.717, 1.165) is 31.2 Å². The summed E-state index contributed by atoms with van der Waals surface area (Å²) in [5.41, 5.74) is 2.80. The van der Waals surface area contributed by atoms with Crippen molar-refractivity contribution in [1.82, 2.24) is 4.90 Å². The SMILES string of the molecule is CC(C)Cc1ccc(C(C)C(=O)OCC2[C@@H](OC(=O)c3ccccc3)C[C@@H]3CC[C@H]2N3C)cc1. The molecule has 2 aliphatic rings. The average Bonchev–Trinajstić information content (AvgIpc) is 3.08. The number of hydrogen-bond donors (Lipinski definition) is 0. The molecule has 2 unspecified atom stereocenters. The second kappa shape index (κ2) is 10.7. The minimum atomic E-state index is -0.337. The first-order chi connectivity index (χ1) is 16.3. The van der Waals surface area contributed by atoms with Crippen LogP contribution in [-0.2, 0) is 20.7 Å². The topological polar surface area (TPSA) is 55.8 Å². The van der Waals surface area contributed by atoms with Crippen molar-refractivity contribution in [3.63, 3.8) is 0 Å². The number of nitrogens with zero attached hydrogens (tertiary/aromatic N) is 1. The molecule has 2 fully saturated rings. The normalized spacial score (nSPS) is 25.2. The van der Waals surface area contributed by atoms with Crippen LogP contribution in [0.4, 0.5) is 0 Å². The Morgan fingerprint density at radius 1 is 1.00 bits per heavy atom. The zero-order chi connectivity index (χ0) is 24.2. The maximum Gasteiger partial charge on any atom is 0.338 e. The van der Waals surface area contributed by atoms with E-state index in [2.05, 4.69) is 37.9 Å². The van der Waals surface area contributed by atoms with E-state index >= 15 is 0 Å². The highest BCUT2D eigenvalue weighted by Crippen LogP contribution is 2.40. The van der Waals surface area contributed by atoms with Gasteiger partial charge in [0.25, 0.3) is 0 Å². The largest absolute Gasteiger partial charge is 0.465 e. The highest BCUT2D eigenvalue weighted by atomic mass is 16.6. The van der Waals surface area contributed by atoms with E-state index in [1.807, 2.05) is 37.3 Å². The third-order valence-electron chi connectivity index (χ3n) is 7.53. The molecule has 2 heterocycles. The summed E-state index contributed by atoms with van der Waals surface area (Å²) in [6, 6.07) is 18.0. The zero-order valence-corrected chi connectivity index (χ0v) is 20.8. The summed E-state index contributed by atoms with van der Waals surface area (Å²) in [7, 11) is 2.13. The molecule has 0 N–H and O–H groups in total. The second-order valence-electron chi connectivity index (χ2n) is 10.4. The van der Waals surface area contributed by atoms with Crippen LogP contribution >= 0.6 is 0 Å². The lowest BCUT2D eigenvalue weighted by molar-refractivity contribution is -0.150. The summed E-state index contributed by atoms with van der Waals surface area (Å²) in [6.45, 7) is 6.56. The lowest BCUT2D eigenvalue weighted by atomic mass is 9.88. The van der Waals surface area contributed by atoms with Crippen molar-refractivity contribution in [2.75, 3.05) is 13.7 Å². The van der Waals surface area contributed by atoms with Gasteiger partial charge in [-0.1, -0.05) is 56.3 Å². The first kappa shape index (κ1) is 24.5. The molecule has 182 valence electrons. The van der Waals surface area contributed by atoms with Gasteiger partial charge in [-0.25, -0.2) is 4.79 Å². The number of esters is 2. The first-order valence-corrected chi connectivity index (χ1v) is 12.6. The maximum absolute atomic E-state index is 12.9. The smallest absolute Gasteiger partial charge is 0.338 e. The Balaban J connectivity index is 1.40. The van der Waals surface area contributed by atoms with Crippen molar-refractivity contribution < 1.29 is 19.1 Å². The van der Waals surface area contributed by atoms with Crippen molar-refractivity contribution in [1.29, 1.82) is 0 Å². The molecule has 5 heteroatoms. The van der Waals surface area contributed by atoms with Gasteiger partial charge in [-0.05, 0) is 62.4 Å². The van der Waals surface area contributed by atoms with E-state index < -0.39 is 0 Å². The van der Waals surface area contributed by atoms with Crippen LogP contribution in [-0.4, -0.2) is 48.7 Å². The molecule has 2 saturated heterocycles. The molecule has 4 rings (SSSR count). The second-order valence-corrected chi connectivity index (χ2v) is 10.4. The minimum absolute atomic E-state index is 0.0269. The van der Waals surface area contributed by atoms with Gasteiger partial charge in [0.15, 0.2) is 0 Å². The van der Waals surface area contributed by atoms with Crippen LogP contribution in [0.1, 0.15) is 67.4 Å². The van der Waals surface area contributed by atoms with Gasteiger partial charge in [0.05, 0.1) is 18.1 Å². The minimum Gasteiger partial charge on any atom is -0.465 e. The summed E-state index contributed by atoms with van der Waals surface area (Å²) in [5, 5.41) is 0. The van der Waals surface area contributed by atoms with Crippen LogP contribution in [0.3, 0.4) is 0 Å². The summed E-state index contributed by atoms with van der Waals surface area (Å²) in [4.78, 5) is 28.1. The number of ether oxygens (including phenoxy) is 2. The summed E-state index contributed by atoms with van der Waals surface area (Å²) in [6.07, 6.45) is 3.68. The van der Waals surface area contributed by atoms with E-state index in [1.165, 1.54) is 5.56 Å². The standard InChI is InChI=1S/C29H37NO4/c1-19(2)16-21-10-12-22(13-11-21)20(3)28(31)33-18-25-26-15-14-24(30(26)4)17-27(25)34-29(32)23-8-6-5-7-9-23/h5-13,19-20,24-27H,14-18H2,1-4H3/t20?,24-,25?,26+,27-/m0/s1. The van der Waals surface area contributed by atoms with E-state index in [1.54, 1.807) is 12.1 Å². The number of rotatable bonds is 8. The first-order valence-electron chi connectivity index (χ1n) is 12.6. The number of benzene rings is 2. The van der Waals surface area contributed by atoms with Crippen molar-refractivity contribution in [2.24, 2.45) is 11.8 Å². The molecule has 0 radical (unpaired) electrons. The van der Waals surface area contributed by atoms with Crippen LogP contribution in [0.2, 0.25) is 0 Å². The molecule has 34 heavy (non-hydrogen) atoms. The highest BCUT2D eigenvalue weighted by Gasteiger charge is 2.47. The number of carbonyl (C=O) groups is 2. The van der Waals surface area contributed by atoms with Gasteiger partial charge >= 0.3 is 11.9 Å². The van der Waals surface area contributed by atoms with Gasteiger partial charge in [0.1, 0.15) is 6.10 Å². The van der Waals surface area contributed by atoms with Crippen LogP contribution < -0.4 is 0 Å². The van der Waals surface area contributed by atoms with Gasteiger partial charge in [0.2, 0.25) is 0 Å². The van der Waals surface area contributed by atoms with Crippen molar-refractivity contribution in [2.45, 2.75) is 70.6 Å². The average molecular weight is 464 g/mol. The Hall–Kier alpha value is -2.66. The molecule has 0 aliphatic carbocycles. The van der Waals surface area contributed by atoms with Gasteiger partial charge in [-0.2, -0.15) is 0 Å². The van der Waals surface area contributed by atoms with Gasteiger partial charge in [-0.15, -0.1) is 0 Å². The van der Waals surface area contributed by atoms with Gasteiger partial charge in [0, 0.05) is 24.4 Å². The number of fused-ring (bicyclic) bond motifs is 2. The van der Waals surface area contributed by atoms with Crippen LogP contribution in [0, 0.1) is 11.8 Å². The van der Waals surface area contributed by atoms with Gasteiger partial charge < -0.3 is 9.47 Å². The fraction of sp³-hybridized carbons (Fsp3) is 0.517. The lowest BCUT2D eigenvalue weighted by Crippen LogP contribution is -2.52. The molecule has 0 saturated carbocycles. The fourth-order valence-corrected chi connectivity index (χ4v) is 5.52. The Morgan fingerprint density at radius 2 is 1.71 bits per heavy atom. The van der Waals surface area contributed by atoms with Gasteiger partial charge in [-0.3, -0.25) is 9.69 Å². The molecule has 2 aromatic rings. The Bertz CT molecular complexity index is 971. The molecule has 0 aromatic heterocycles. The summed E-state index contributed by atoms with van der Waals surface area (Å²) >= 11 is 0. The Morgan fingerprint density at radius 3 is 2.38 bits per heavy atom. The van der Waals surface area contributed by atoms with Crippen molar-refractivity contribution in [3.8, 4) is 0 Å². The summed E-state index contributed by atoms with van der Waals surface area (Å²) < 4.78 is 11.8. The van der Waals surface area contributed by atoms with E-state index in [-0.39, 0.29) is 42.5 Å². The summed E-state index contributed by atoms with van der Waals surface area (Å²) in [5.74, 6) is -0.300. The van der Waals surface area contributed by atoms with Crippen molar-refractivity contribution in [3.05, 3.63) is 71.3 Å². The third-order valence-corrected chi connectivity index (χ3v) is 7.53. The molecular formula is C29H37NO4. The lowest BCUT2D eigenvalue weighted by Gasteiger charge is -2.42. The van der Waals surface area contributed by atoms with Crippen LogP contribution in [0.25, 0.3) is 0 Å². The zero-order valence-electron chi connectivity index (χ0n) is 20.8. The van der Waals surface area contributed by atoms with Crippen LogP contribution in [0.15, 0.2) is 54.6 Å². The van der Waals surface area contributed by atoms with Crippen molar-refractivity contribution >= 4 is 11.9 Å². The molecular weight excluding hydrogens is 426 g/mol. The highest BCUT2D eigenvalue weighted by molar-refractivity contribution is 5.89. The predicted molar refractivity (Wildman–Crippen MR) is 133 cm³/mol. The predicted octanol–water partition coefficient (Wildman–Crippen LogP) is 5.24. The number of hydrogen-bond acceptors (Lipinski definition) is 5. The Labute approximate surface area is 203 Å². The van der Waals surface area contributed by atoms with E-state index in [0.29, 0.717) is 17.5 Å². The third kappa shape index (κ3) is 5.52. The maximum atomic E-state index is 12.9. The molecule has 5 atom stereocenters. The molecule has 0 spiro atoms. The molecule has 5 nitrogen and oxygen atoms in total. The molecule has 2 aromatic carbocycles. The Kier molecular flexibility index (Phi) is 7.72. The van der Waals surface area contributed by atoms with E-state index in [9.17, 15) is 9.59 Å².